The van der Waals surface area contributed by atoms with Gasteiger partial charge in [-0.2, -0.15) is 5.10 Å². The summed E-state index contributed by atoms with van der Waals surface area (Å²) in [6.45, 7) is 0.0561. The number of piperidine rings is 1. The third-order valence-corrected chi connectivity index (χ3v) is 5.60. The Hall–Kier alpha value is -3.26. The van der Waals surface area contributed by atoms with Crippen molar-refractivity contribution in [3.05, 3.63) is 65.6 Å². The van der Waals surface area contributed by atoms with Crippen molar-refractivity contribution < 1.29 is 24.2 Å². The van der Waals surface area contributed by atoms with E-state index in [1.54, 1.807) is 18.2 Å². The molecule has 0 unspecified atom stereocenters. The van der Waals surface area contributed by atoms with E-state index in [0.717, 1.165) is 0 Å². The third-order valence-electron chi connectivity index (χ3n) is 5.60. The first-order chi connectivity index (χ1) is 13.9. The van der Waals surface area contributed by atoms with Gasteiger partial charge in [0, 0.05) is 18.5 Å². The van der Waals surface area contributed by atoms with Crippen molar-refractivity contribution in [2.45, 2.75) is 18.9 Å². The van der Waals surface area contributed by atoms with Crippen LogP contribution < -0.4 is 0 Å². The Balaban J connectivity index is 1.65. The van der Waals surface area contributed by atoms with Gasteiger partial charge in [-0.1, -0.05) is 30.3 Å². The zero-order valence-corrected chi connectivity index (χ0v) is 15.5. The normalized spacial score (nSPS) is 22.0. The molecule has 29 heavy (non-hydrogen) atoms. The van der Waals surface area contributed by atoms with Crippen LogP contribution in [-0.4, -0.2) is 56.4 Å². The number of aliphatic hydroxyl groups is 1. The van der Waals surface area contributed by atoms with Gasteiger partial charge in [-0.15, -0.1) is 0 Å². The number of amides is 1. The molecule has 0 aliphatic carbocycles. The molecule has 0 bridgehead atoms. The molecule has 1 fully saturated rings. The van der Waals surface area contributed by atoms with Gasteiger partial charge >= 0.3 is 5.97 Å². The average Bonchev–Trinajstić information content (AvgIpc) is 3.15. The summed E-state index contributed by atoms with van der Waals surface area (Å²) in [5.74, 6) is -2.01. The molecule has 2 heterocycles. The minimum absolute atomic E-state index is 0.0190. The van der Waals surface area contributed by atoms with E-state index in [9.17, 15) is 24.2 Å². The van der Waals surface area contributed by atoms with Crippen molar-refractivity contribution in [2.75, 3.05) is 13.1 Å². The van der Waals surface area contributed by atoms with Gasteiger partial charge in [-0.25, -0.2) is 4.39 Å². The smallest absolute Gasteiger partial charge is 0.314 e. The number of benzene rings is 2. The summed E-state index contributed by atoms with van der Waals surface area (Å²) < 4.78 is 13.2. The fraction of sp³-hybridized carbons (Fsp3) is 0.286. The molecular formula is C21H20FN3O4. The van der Waals surface area contributed by atoms with Crippen molar-refractivity contribution in [1.82, 2.24) is 15.1 Å². The number of carboxylic acids is 1. The molecule has 1 aliphatic heterocycles. The van der Waals surface area contributed by atoms with Crippen molar-refractivity contribution in [3.63, 3.8) is 0 Å². The number of aliphatic carboxylic acids is 1. The molecule has 2 atom stereocenters. The summed E-state index contributed by atoms with van der Waals surface area (Å²) in [7, 11) is 0. The standard InChI is InChI=1S/C21H20FN3O4/c22-14-7-5-13(6-8-14)11-21(20(28)29)12-25(10-9-17(21)26)19(27)18-15-3-1-2-4-16(15)23-24-18/h1-8,17,26H,9-12H2,(H,23,24)(H,28,29)/t17-,21+/m0/s1. The quantitative estimate of drug-likeness (QED) is 0.626. The number of para-hydroxylation sites is 1. The Kier molecular flexibility index (Phi) is 4.79. The van der Waals surface area contributed by atoms with Crippen LogP contribution in [0.4, 0.5) is 4.39 Å². The highest BCUT2D eigenvalue weighted by Crippen LogP contribution is 2.35. The Morgan fingerprint density at radius 2 is 1.93 bits per heavy atom. The second-order valence-electron chi connectivity index (χ2n) is 7.41. The van der Waals surface area contributed by atoms with Crippen LogP contribution in [-0.2, 0) is 11.2 Å². The number of carbonyl (C=O) groups excluding carboxylic acids is 1. The first-order valence-electron chi connectivity index (χ1n) is 9.29. The van der Waals surface area contributed by atoms with Gasteiger partial charge in [0.1, 0.15) is 11.2 Å². The third kappa shape index (κ3) is 3.36. The van der Waals surface area contributed by atoms with E-state index in [2.05, 4.69) is 10.2 Å². The number of aromatic nitrogens is 2. The molecule has 150 valence electrons. The molecule has 1 aliphatic rings. The van der Waals surface area contributed by atoms with E-state index in [1.165, 1.54) is 29.2 Å². The van der Waals surface area contributed by atoms with Gasteiger partial charge in [-0.05, 0) is 36.6 Å². The maximum Gasteiger partial charge on any atom is 0.314 e. The second-order valence-corrected chi connectivity index (χ2v) is 7.41. The van der Waals surface area contributed by atoms with Crippen LogP contribution in [0, 0.1) is 11.2 Å². The van der Waals surface area contributed by atoms with Crippen LogP contribution in [0.5, 0.6) is 0 Å². The molecule has 2 aromatic carbocycles. The second kappa shape index (κ2) is 7.29. The van der Waals surface area contributed by atoms with Crippen LogP contribution in [0.2, 0.25) is 0 Å². The summed E-state index contributed by atoms with van der Waals surface area (Å²) in [5.41, 5.74) is -0.0770. The summed E-state index contributed by atoms with van der Waals surface area (Å²) in [6, 6.07) is 12.7. The van der Waals surface area contributed by atoms with Crippen LogP contribution in [0.15, 0.2) is 48.5 Å². The minimum Gasteiger partial charge on any atom is -0.481 e. The fourth-order valence-corrected chi connectivity index (χ4v) is 3.96. The summed E-state index contributed by atoms with van der Waals surface area (Å²) in [4.78, 5) is 26.8. The van der Waals surface area contributed by atoms with Crippen molar-refractivity contribution in [2.24, 2.45) is 5.41 Å². The van der Waals surface area contributed by atoms with Gasteiger partial charge in [0.25, 0.3) is 5.91 Å². The van der Waals surface area contributed by atoms with Gasteiger partial charge in [0.15, 0.2) is 5.69 Å². The zero-order chi connectivity index (χ0) is 20.6. The summed E-state index contributed by atoms with van der Waals surface area (Å²) in [5, 5.41) is 28.1. The predicted molar refractivity (Wildman–Crippen MR) is 103 cm³/mol. The minimum atomic E-state index is -1.59. The number of halogens is 1. The zero-order valence-electron chi connectivity index (χ0n) is 15.5. The lowest BCUT2D eigenvalue weighted by Crippen LogP contribution is -2.58. The Labute approximate surface area is 165 Å². The molecule has 3 N–H and O–H groups in total. The molecule has 7 nitrogen and oxygen atoms in total. The van der Waals surface area contributed by atoms with E-state index >= 15 is 0 Å². The lowest BCUT2D eigenvalue weighted by atomic mass is 9.72. The number of aliphatic hydroxyl groups excluding tert-OH is 1. The molecule has 1 saturated heterocycles. The molecule has 0 radical (unpaired) electrons. The summed E-state index contributed by atoms with van der Waals surface area (Å²) >= 11 is 0. The highest BCUT2D eigenvalue weighted by Gasteiger charge is 2.50. The van der Waals surface area contributed by atoms with Crippen molar-refractivity contribution in [3.8, 4) is 0 Å². The van der Waals surface area contributed by atoms with Crippen LogP contribution in [0.3, 0.4) is 0 Å². The lowest BCUT2D eigenvalue weighted by molar-refractivity contribution is -0.161. The van der Waals surface area contributed by atoms with E-state index in [1.807, 2.05) is 6.07 Å². The van der Waals surface area contributed by atoms with Gasteiger partial charge < -0.3 is 15.1 Å². The highest BCUT2D eigenvalue weighted by molar-refractivity contribution is 6.04. The Morgan fingerprint density at radius 3 is 2.66 bits per heavy atom. The largest absolute Gasteiger partial charge is 0.481 e. The number of rotatable bonds is 4. The molecule has 0 spiro atoms. The SMILES string of the molecule is O=C(c1n[nH]c2ccccc12)N1CC[C@H](O)[C@](Cc2ccc(F)cc2)(C(=O)O)C1. The molecule has 1 aromatic heterocycles. The molecule has 3 aromatic rings. The maximum atomic E-state index is 13.2. The maximum absolute atomic E-state index is 13.2. The Bertz CT molecular complexity index is 1070. The lowest BCUT2D eigenvalue weighted by Gasteiger charge is -2.43. The van der Waals surface area contributed by atoms with E-state index in [-0.39, 0.29) is 37.5 Å². The van der Waals surface area contributed by atoms with Crippen LogP contribution in [0.25, 0.3) is 10.9 Å². The first-order valence-corrected chi connectivity index (χ1v) is 9.29. The molecule has 1 amide bonds. The molecule has 8 heteroatoms. The number of nitrogens with one attached hydrogen (secondary N) is 1. The number of H-pyrrole nitrogens is 1. The van der Waals surface area contributed by atoms with Gasteiger partial charge in [0.05, 0.1) is 11.6 Å². The number of carbonyl (C=O) groups is 2. The Morgan fingerprint density at radius 1 is 1.21 bits per heavy atom. The number of carboxylic acid groups (broad SMARTS) is 1. The monoisotopic (exact) mass is 397 g/mol. The number of fused-ring (bicyclic) bond motifs is 1. The fourth-order valence-electron chi connectivity index (χ4n) is 3.96. The van der Waals surface area contributed by atoms with E-state index < -0.39 is 23.3 Å². The highest BCUT2D eigenvalue weighted by atomic mass is 19.1. The molecule has 0 saturated carbocycles. The number of aromatic amines is 1. The molecular weight excluding hydrogens is 377 g/mol. The van der Waals surface area contributed by atoms with Crippen molar-refractivity contribution >= 4 is 22.8 Å². The average molecular weight is 397 g/mol. The number of nitrogens with zero attached hydrogens (tertiary/aromatic N) is 2. The van der Waals surface area contributed by atoms with Crippen molar-refractivity contribution in [1.29, 1.82) is 0 Å². The van der Waals surface area contributed by atoms with E-state index in [4.69, 9.17) is 0 Å². The van der Waals surface area contributed by atoms with Gasteiger partial charge in [0.2, 0.25) is 0 Å². The predicted octanol–water partition coefficient (Wildman–Crippen LogP) is 2.22. The summed E-state index contributed by atoms with van der Waals surface area (Å²) in [6.07, 6.45) is -1.03. The molecule has 4 rings (SSSR count). The number of hydrogen-bond acceptors (Lipinski definition) is 4. The topological polar surface area (TPSA) is 107 Å². The van der Waals surface area contributed by atoms with Gasteiger partial charge in [-0.3, -0.25) is 14.7 Å². The number of likely N-dealkylation sites (tertiary alicyclic amines) is 1. The van der Waals surface area contributed by atoms with Crippen LogP contribution >= 0.6 is 0 Å². The van der Waals surface area contributed by atoms with Crippen LogP contribution in [0.1, 0.15) is 22.5 Å². The number of hydrogen-bond donors (Lipinski definition) is 3. The first kappa shape index (κ1) is 19.1. The van der Waals surface area contributed by atoms with E-state index in [0.29, 0.717) is 16.5 Å².